The molecule has 2 heterocycles. The summed E-state index contributed by atoms with van der Waals surface area (Å²) in [5.74, 6) is -0.648. The molecule has 2 aliphatic heterocycles. The molecule has 0 aromatic heterocycles. The highest BCUT2D eigenvalue weighted by atomic mass is 32.2. The van der Waals surface area contributed by atoms with Crippen molar-refractivity contribution in [2.75, 3.05) is 44.4 Å². The lowest BCUT2D eigenvalue weighted by Gasteiger charge is -2.26. The molecular weight excluding hydrogens is 427 g/mol. The lowest BCUT2D eigenvalue weighted by atomic mass is 10.0. The van der Waals surface area contributed by atoms with Crippen LogP contribution in [0, 0.1) is 11.7 Å². The van der Waals surface area contributed by atoms with Crippen LogP contribution in [0.2, 0.25) is 0 Å². The van der Waals surface area contributed by atoms with Gasteiger partial charge in [-0.2, -0.15) is 0 Å². The van der Waals surface area contributed by atoms with E-state index in [1.165, 1.54) is 11.0 Å². The fourth-order valence-electron chi connectivity index (χ4n) is 3.55. The highest BCUT2D eigenvalue weighted by molar-refractivity contribution is 7.91. The SMILES string of the molecule is C[C@@H](CS(=O)(=O)CCCCCN1CC(=O)NC1=O)c1ccc(F)c(OCC2COC2)c1. The first-order valence-electron chi connectivity index (χ1n) is 10.5. The molecule has 0 unspecified atom stereocenters. The summed E-state index contributed by atoms with van der Waals surface area (Å²) in [6.07, 6.45) is 1.77. The molecule has 10 heteroatoms. The second kappa shape index (κ2) is 10.4. The monoisotopic (exact) mass is 456 g/mol. The minimum absolute atomic E-state index is 0.0302. The van der Waals surface area contributed by atoms with E-state index in [2.05, 4.69) is 5.32 Å². The molecule has 0 saturated carbocycles. The number of amides is 3. The predicted molar refractivity (Wildman–Crippen MR) is 112 cm³/mol. The topological polar surface area (TPSA) is 102 Å². The third kappa shape index (κ3) is 6.90. The minimum atomic E-state index is -3.29. The highest BCUT2D eigenvalue weighted by Gasteiger charge is 2.26. The number of hydrogen-bond acceptors (Lipinski definition) is 6. The summed E-state index contributed by atoms with van der Waals surface area (Å²) in [6.45, 7) is 3.89. The smallest absolute Gasteiger partial charge is 0.324 e. The van der Waals surface area contributed by atoms with E-state index in [0.29, 0.717) is 45.6 Å². The van der Waals surface area contributed by atoms with Crippen LogP contribution in [0.4, 0.5) is 9.18 Å². The Hall–Kier alpha value is -2.20. The van der Waals surface area contributed by atoms with Crippen LogP contribution >= 0.6 is 0 Å². The molecule has 0 bridgehead atoms. The number of nitrogens with one attached hydrogen (secondary N) is 1. The standard InChI is InChI=1S/C21H29FN2O6S/c1-15(17-5-6-18(22)19(9-17)30-13-16-11-29-12-16)14-31(27,28)8-4-2-3-7-24-10-20(25)23-21(24)26/h5-6,9,15-16H,2-4,7-8,10-14H2,1H3,(H,23,25,26)/t15-/m0/s1. The molecule has 3 amide bonds. The van der Waals surface area contributed by atoms with E-state index in [0.717, 1.165) is 5.56 Å². The van der Waals surface area contributed by atoms with Gasteiger partial charge in [-0.15, -0.1) is 0 Å². The average Bonchev–Trinajstić information content (AvgIpc) is 2.98. The maximum atomic E-state index is 14.0. The molecule has 1 atom stereocenters. The number of carbonyl (C=O) groups excluding carboxylic acids is 2. The summed E-state index contributed by atoms with van der Waals surface area (Å²) < 4.78 is 49.7. The van der Waals surface area contributed by atoms with Crippen molar-refractivity contribution in [2.45, 2.75) is 32.1 Å². The van der Waals surface area contributed by atoms with Gasteiger partial charge in [-0.1, -0.05) is 19.4 Å². The van der Waals surface area contributed by atoms with Gasteiger partial charge in [-0.3, -0.25) is 10.1 Å². The number of hydrogen-bond donors (Lipinski definition) is 1. The van der Waals surface area contributed by atoms with Crippen molar-refractivity contribution < 1.29 is 31.9 Å². The van der Waals surface area contributed by atoms with Gasteiger partial charge in [0.1, 0.15) is 6.54 Å². The molecule has 1 aromatic carbocycles. The van der Waals surface area contributed by atoms with Crippen molar-refractivity contribution in [3.05, 3.63) is 29.6 Å². The molecule has 0 radical (unpaired) electrons. The number of sulfone groups is 1. The van der Waals surface area contributed by atoms with Gasteiger partial charge >= 0.3 is 6.03 Å². The number of halogens is 1. The Kier molecular flexibility index (Phi) is 7.88. The zero-order valence-corrected chi connectivity index (χ0v) is 18.5. The van der Waals surface area contributed by atoms with Crippen molar-refractivity contribution in [3.63, 3.8) is 0 Å². The van der Waals surface area contributed by atoms with E-state index in [1.54, 1.807) is 19.1 Å². The molecule has 3 rings (SSSR count). The van der Waals surface area contributed by atoms with Crippen LogP contribution in [0.15, 0.2) is 18.2 Å². The molecule has 0 spiro atoms. The number of benzene rings is 1. The van der Waals surface area contributed by atoms with Gasteiger partial charge in [0.15, 0.2) is 21.4 Å². The first kappa shape index (κ1) is 23.5. The van der Waals surface area contributed by atoms with E-state index in [1.807, 2.05) is 0 Å². The number of carbonyl (C=O) groups is 2. The number of ether oxygens (including phenoxy) is 2. The van der Waals surface area contributed by atoms with Gasteiger partial charge in [0.25, 0.3) is 0 Å². The largest absolute Gasteiger partial charge is 0.490 e. The predicted octanol–water partition coefficient (Wildman–Crippen LogP) is 2.09. The van der Waals surface area contributed by atoms with Crippen LogP contribution in [0.1, 0.15) is 37.7 Å². The highest BCUT2D eigenvalue weighted by Crippen LogP contribution is 2.26. The molecule has 172 valence electrons. The fourth-order valence-corrected chi connectivity index (χ4v) is 5.32. The van der Waals surface area contributed by atoms with Crippen molar-refractivity contribution in [1.29, 1.82) is 0 Å². The van der Waals surface area contributed by atoms with E-state index in [-0.39, 0.29) is 41.5 Å². The van der Waals surface area contributed by atoms with Crippen LogP contribution in [0.25, 0.3) is 0 Å². The Morgan fingerprint density at radius 1 is 1.26 bits per heavy atom. The second-order valence-corrected chi connectivity index (χ2v) is 10.5. The summed E-state index contributed by atoms with van der Waals surface area (Å²) in [4.78, 5) is 24.0. The molecule has 2 aliphatic rings. The van der Waals surface area contributed by atoms with E-state index < -0.39 is 21.7 Å². The van der Waals surface area contributed by atoms with E-state index in [4.69, 9.17) is 9.47 Å². The first-order valence-corrected chi connectivity index (χ1v) is 12.3. The quantitative estimate of drug-likeness (QED) is 0.382. The van der Waals surface area contributed by atoms with Crippen LogP contribution in [0.3, 0.4) is 0 Å². The summed E-state index contributed by atoms with van der Waals surface area (Å²) in [5.41, 5.74) is 0.717. The summed E-state index contributed by atoms with van der Waals surface area (Å²) in [7, 11) is -3.29. The van der Waals surface area contributed by atoms with E-state index >= 15 is 0 Å². The number of rotatable bonds is 12. The molecule has 2 saturated heterocycles. The Morgan fingerprint density at radius 2 is 2.03 bits per heavy atom. The second-order valence-electron chi connectivity index (χ2n) is 8.26. The third-order valence-electron chi connectivity index (χ3n) is 5.46. The average molecular weight is 457 g/mol. The van der Waals surface area contributed by atoms with Crippen LogP contribution in [-0.2, 0) is 19.4 Å². The lowest BCUT2D eigenvalue weighted by molar-refractivity contribution is -0.118. The zero-order chi connectivity index (χ0) is 22.4. The number of unbranched alkanes of at least 4 members (excludes halogenated alkanes) is 2. The molecule has 31 heavy (non-hydrogen) atoms. The number of urea groups is 1. The van der Waals surface area contributed by atoms with Crippen molar-refractivity contribution in [2.24, 2.45) is 5.92 Å². The number of nitrogens with zero attached hydrogens (tertiary/aromatic N) is 1. The van der Waals surface area contributed by atoms with Crippen molar-refractivity contribution in [3.8, 4) is 5.75 Å². The molecule has 2 fully saturated rings. The van der Waals surface area contributed by atoms with Crippen molar-refractivity contribution in [1.82, 2.24) is 10.2 Å². The van der Waals surface area contributed by atoms with E-state index in [9.17, 15) is 22.4 Å². The maximum absolute atomic E-state index is 14.0. The lowest BCUT2D eigenvalue weighted by Crippen LogP contribution is -2.32. The molecule has 8 nitrogen and oxygen atoms in total. The molecular formula is C21H29FN2O6S. The maximum Gasteiger partial charge on any atom is 0.324 e. The molecule has 1 aromatic rings. The zero-order valence-electron chi connectivity index (χ0n) is 17.6. The molecule has 0 aliphatic carbocycles. The van der Waals surface area contributed by atoms with Gasteiger partial charge in [0, 0.05) is 12.5 Å². The van der Waals surface area contributed by atoms with Gasteiger partial charge in [-0.25, -0.2) is 17.6 Å². The van der Waals surface area contributed by atoms with Gasteiger partial charge in [-0.05, 0) is 36.5 Å². The van der Waals surface area contributed by atoms with Gasteiger partial charge in [0.05, 0.1) is 31.3 Å². The van der Waals surface area contributed by atoms with Crippen LogP contribution in [0.5, 0.6) is 5.75 Å². The summed E-state index contributed by atoms with van der Waals surface area (Å²) >= 11 is 0. The minimum Gasteiger partial charge on any atom is -0.490 e. The van der Waals surface area contributed by atoms with Gasteiger partial charge in [0.2, 0.25) is 5.91 Å². The normalized spacial score (nSPS) is 18.1. The van der Waals surface area contributed by atoms with Gasteiger partial charge < -0.3 is 14.4 Å². The summed E-state index contributed by atoms with van der Waals surface area (Å²) in [5, 5.41) is 2.21. The van der Waals surface area contributed by atoms with Crippen LogP contribution < -0.4 is 10.1 Å². The fraction of sp³-hybridized carbons (Fsp3) is 0.619. The number of imide groups is 1. The Balaban J connectivity index is 1.42. The Labute approximate surface area is 182 Å². The Bertz CT molecular complexity index is 903. The summed E-state index contributed by atoms with van der Waals surface area (Å²) in [6, 6.07) is 4.09. The molecule has 1 N–H and O–H groups in total. The first-order chi connectivity index (χ1) is 14.7. The van der Waals surface area contributed by atoms with Crippen molar-refractivity contribution >= 4 is 21.8 Å². The Morgan fingerprint density at radius 3 is 2.68 bits per heavy atom. The van der Waals surface area contributed by atoms with Crippen LogP contribution in [-0.4, -0.2) is 69.7 Å². The third-order valence-corrected chi connectivity index (χ3v) is 7.38.